The third-order valence-electron chi connectivity index (χ3n) is 8.52. The first-order chi connectivity index (χ1) is 12.6. The largest absolute Gasteiger partial charge is 0.298 e. The van der Waals surface area contributed by atoms with Gasteiger partial charge in [-0.3, -0.25) is 9.80 Å². The van der Waals surface area contributed by atoms with Gasteiger partial charge in [0.15, 0.2) is 0 Å². The van der Waals surface area contributed by atoms with E-state index < -0.39 is 0 Å². The third kappa shape index (κ3) is 4.58. The lowest BCUT2D eigenvalue weighted by Crippen LogP contribution is -2.42. The van der Waals surface area contributed by atoms with Crippen LogP contribution in [0.15, 0.2) is 0 Å². The predicted octanol–water partition coefficient (Wildman–Crippen LogP) is 6.49. The van der Waals surface area contributed by atoms with Crippen molar-refractivity contribution < 1.29 is 0 Å². The summed E-state index contributed by atoms with van der Waals surface area (Å²) in [6, 6.07) is 2.29. The van der Waals surface area contributed by atoms with Crippen molar-refractivity contribution in [1.29, 1.82) is 0 Å². The van der Waals surface area contributed by atoms with Gasteiger partial charge in [-0.15, -0.1) is 0 Å². The maximum Gasteiger partial charge on any atom is 0.0161 e. The van der Waals surface area contributed by atoms with Crippen LogP contribution in [0, 0.1) is 10.8 Å². The number of hydrogen-bond donors (Lipinski definition) is 0. The molecule has 0 aromatic heterocycles. The zero-order valence-corrected chi connectivity index (χ0v) is 19.6. The molecule has 158 valence electrons. The van der Waals surface area contributed by atoms with Crippen LogP contribution in [0.1, 0.15) is 113 Å². The Morgan fingerprint density at radius 3 is 1.67 bits per heavy atom. The van der Waals surface area contributed by atoms with Crippen molar-refractivity contribution in [3.63, 3.8) is 0 Å². The molecule has 4 rings (SSSR count). The summed E-state index contributed by atoms with van der Waals surface area (Å²) in [5.41, 5.74) is 1.88. The van der Waals surface area contributed by atoms with Gasteiger partial charge in [-0.05, 0) is 97.8 Å². The molecular formula is C25H48N2. The highest BCUT2D eigenvalue weighted by Gasteiger charge is 2.49. The first kappa shape index (κ1) is 21.6. The van der Waals surface area contributed by atoms with Gasteiger partial charge < -0.3 is 0 Å². The van der Waals surface area contributed by atoms with Gasteiger partial charge in [-0.1, -0.05) is 25.7 Å². The van der Waals surface area contributed by atoms with Crippen LogP contribution in [0.2, 0.25) is 0 Å². The zero-order chi connectivity index (χ0) is 19.9. The average Bonchev–Trinajstić information content (AvgIpc) is 3.31. The smallest absolute Gasteiger partial charge is 0.0161 e. The molecule has 2 saturated heterocycles. The minimum absolute atomic E-state index is 0.443. The lowest BCUT2D eigenvalue weighted by atomic mass is 9.81. The van der Waals surface area contributed by atoms with Crippen molar-refractivity contribution in [2.75, 3.05) is 13.1 Å². The van der Waals surface area contributed by atoms with Gasteiger partial charge in [0.1, 0.15) is 0 Å². The SMILES string of the molecule is CC(C)N1CC2(CCCC2)CC1(C)C.CC(C)N1CC2(CCCC2)CC1C. The molecule has 2 saturated carbocycles. The maximum atomic E-state index is 2.72. The van der Waals surface area contributed by atoms with Gasteiger partial charge in [0, 0.05) is 36.8 Å². The molecule has 2 heteroatoms. The number of hydrogen-bond acceptors (Lipinski definition) is 2. The van der Waals surface area contributed by atoms with Gasteiger partial charge in [0.2, 0.25) is 0 Å². The Morgan fingerprint density at radius 1 is 0.741 bits per heavy atom. The minimum atomic E-state index is 0.443. The lowest BCUT2D eigenvalue weighted by Gasteiger charge is -2.34. The monoisotopic (exact) mass is 376 g/mol. The van der Waals surface area contributed by atoms with Gasteiger partial charge in [-0.25, -0.2) is 0 Å². The van der Waals surface area contributed by atoms with Crippen LogP contribution in [0.5, 0.6) is 0 Å². The van der Waals surface area contributed by atoms with Crippen LogP contribution in [0.25, 0.3) is 0 Å². The fourth-order valence-corrected chi connectivity index (χ4v) is 7.52. The van der Waals surface area contributed by atoms with Crippen molar-refractivity contribution in [2.45, 2.75) is 136 Å². The van der Waals surface area contributed by atoms with Crippen molar-refractivity contribution in [1.82, 2.24) is 9.80 Å². The Morgan fingerprint density at radius 2 is 1.26 bits per heavy atom. The predicted molar refractivity (Wildman–Crippen MR) is 118 cm³/mol. The molecule has 2 aliphatic heterocycles. The molecule has 4 aliphatic rings. The highest BCUT2D eigenvalue weighted by molar-refractivity contribution is 5.04. The average molecular weight is 377 g/mol. The molecule has 1 atom stereocenters. The standard InChI is InChI=1S/C13H25N.C12H23N/c1-11(2)14-10-13(7-5-6-8-13)9-12(14,3)4;1-10(2)13-9-12(8-11(13)3)6-4-5-7-12/h11H,5-10H2,1-4H3;10-11H,4-9H2,1-3H3. The van der Waals surface area contributed by atoms with E-state index in [1.165, 1.54) is 77.3 Å². The van der Waals surface area contributed by atoms with Crippen LogP contribution in [0.4, 0.5) is 0 Å². The molecule has 1 unspecified atom stereocenters. The van der Waals surface area contributed by atoms with Crippen molar-refractivity contribution in [3.8, 4) is 0 Å². The molecule has 2 heterocycles. The highest BCUT2D eigenvalue weighted by Crippen LogP contribution is 2.52. The fourth-order valence-electron chi connectivity index (χ4n) is 7.52. The Hall–Kier alpha value is -0.0800. The molecule has 0 N–H and O–H groups in total. The Bertz CT molecular complexity index is 481. The van der Waals surface area contributed by atoms with E-state index in [1.54, 1.807) is 0 Å². The molecule has 2 aliphatic carbocycles. The van der Waals surface area contributed by atoms with Crippen LogP contribution in [-0.4, -0.2) is 46.6 Å². The van der Waals surface area contributed by atoms with Gasteiger partial charge >= 0.3 is 0 Å². The Kier molecular flexibility index (Phi) is 6.39. The van der Waals surface area contributed by atoms with Crippen LogP contribution in [-0.2, 0) is 0 Å². The molecular weight excluding hydrogens is 328 g/mol. The van der Waals surface area contributed by atoms with E-state index in [0.29, 0.717) is 17.0 Å². The number of likely N-dealkylation sites (tertiary alicyclic amines) is 2. The van der Waals surface area contributed by atoms with Gasteiger partial charge in [0.05, 0.1) is 0 Å². The molecule has 0 aromatic carbocycles. The highest BCUT2D eigenvalue weighted by atomic mass is 15.2. The van der Waals surface area contributed by atoms with Crippen molar-refractivity contribution in [3.05, 3.63) is 0 Å². The third-order valence-corrected chi connectivity index (χ3v) is 8.52. The van der Waals surface area contributed by atoms with Crippen LogP contribution < -0.4 is 0 Å². The summed E-state index contributed by atoms with van der Waals surface area (Å²) in [6.07, 6.45) is 14.8. The summed E-state index contributed by atoms with van der Waals surface area (Å²) in [5.74, 6) is 0. The topological polar surface area (TPSA) is 6.48 Å². The van der Waals surface area contributed by atoms with E-state index in [4.69, 9.17) is 0 Å². The van der Waals surface area contributed by atoms with E-state index in [0.717, 1.165) is 17.5 Å². The van der Waals surface area contributed by atoms with Gasteiger partial charge in [0.25, 0.3) is 0 Å². The van der Waals surface area contributed by atoms with E-state index in [9.17, 15) is 0 Å². The van der Waals surface area contributed by atoms with Crippen molar-refractivity contribution in [2.24, 2.45) is 10.8 Å². The minimum Gasteiger partial charge on any atom is -0.298 e. The summed E-state index contributed by atoms with van der Waals surface area (Å²) in [6.45, 7) is 19.4. The molecule has 2 spiro atoms. The van der Waals surface area contributed by atoms with E-state index >= 15 is 0 Å². The lowest BCUT2D eigenvalue weighted by molar-refractivity contribution is 0.131. The normalized spacial score (nSPS) is 32.1. The molecule has 0 bridgehead atoms. The van der Waals surface area contributed by atoms with Gasteiger partial charge in [-0.2, -0.15) is 0 Å². The Labute approximate surface area is 170 Å². The van der Waals surface area contributed by atoms with Crippen molar-refractivity contribution >= 4 is 0 Å². The fraction of sp³-hybridized carbons (Fsp3) is 1.00. The molecule has 2 nitrogen and oxygen atoms in total. The second kappa shape index (κ2) is 7.98. The maximum absolute atomic E-state index is 2.72. The summed E-state index contributed by atoms with van der Waals surface area (Å²) < 4.78 is 0. The number of rotatable bonds is 2. The van der Waals surface area contributed by atoms with E-state index in [-0.39, 0.29) is 0 Å². The molecule has 27 heavy (non-hydrogen) atoms. The Balaban J connectivity index is 0.000000156. The summed E-state index contributed by atoms with van der Waals surface area (Å²) >= 11 is 0. The van der Waals surface area contributed by atoms with E-state index in [2.05, 4.69) is 58.3 Å². The number of nitrogens with zero attached hydrogens (tertiary/aromatic N) is 2. The molecule has 0 aromatic rings. The van der Waals surface area contributed by atoms with Crippen LogP contribution >= 0.6 is 0 Å². The second-order valence-electron chi connectivity index (χ2n) is 11.9. The van der Waals surface area contributed by atoms with Crippen LogP contribution in [0.3, 0.4) is 0 Å². The second-order valence-corrected chi connectivity index (χ2v) is 11.9. The summed E-state index contributed by atoms with van der Waals surface area (Å²) in [4.78, 5) is 5.42. The molecule has 0 radical (unpaired) electrons. The first-order valence-electron chi connectivity index (χ1n) is 12.1. The zero-order valence-electron chi connectivity index (χ0n) is 19.6. The first-order valence-corrected chi connectivity index (χ1v) is 12.1. The summed E-state index contributed by atoms with van der Waals surface area (Å²) in [5, 5.41) is 0. The molecule has 0 amide bonds. The quantitative estimate of drug-likeness (QED) is 0.543. The summed E-state index contributed by atoms with van der Waals surface area (Å²) in [7, 11) is 0. The van der Waals surface area contributed by atoms with E-state index in [1.807, 2.05) is 0 Å². The molecule has 4 fully saturated rings.